The van der Waals surface area contributed by atoms with Gasteiger partial charge in [0.2, 0.25) is 0 Å². The summed E-state index contributed by atoms with van der Waals surface area (Å²) in [7, 11) is 0. The minimum absolute atomic E-state index is 0.0930. The third kappa shape index (κ3) is 3.72. The van der Waals surface area contributed by atoms with Crippen LogP contribution in [0.2, 0.25) is 0 Å². The van der Waals surface area contributed by atoms with Crippen LogP contribution >= 0.6 is 22.7 Å². The average Bonchev–Trinajstić information content (AvgIpc) is 3.19. The Kier molecular flexibility index (Phi) is 4.63. The highest BCUT2D eigenvalue weighted by molar-refractivity contribution is 7.20. The second-order valence-corrected chi connectivity index (χ2v) is 6.15. The topological polar surface area (TPSA) is 51.2 Å². The van der Waals surface area contributed by atoms with E-state index in [2.05, 4.69) is 15.0 Å². The first-order chi connectivity index (χ1) is 11.1. The molecule has 118 valence electrons. The van der Waals surface area contributed by atoms with E-state index < -0.39 is 12.5 Å². The highest BCUT2D eigenvalue weighted by Crippen LogP contribution is 2.29. The fourth-order valence-electron chi connectivity index (χ4n) is 1.85. The minimum Gasteiger partial charge on any atom is -0.433 e. The van der Waals surface area contributed by atoms with Crippen molar-refractivity contribution < 1.29 is 18.3 Å². The number of alkyl halides is 2. The molecule has 1 N–H and O–H groups in total. The van der Waals surface area contributed by atoms with Gasteiger partial charge < -0.3 is 10.1 Å². The van der Waals surface area contributed by atoms with Gasteiger partial charge in [0.1, 0.15) is 16.5 Å². The molecule has 2 aromatic heterocycles. The number of carbonyl (C=O) groups excluding carboxylic acids is 1. The van der Waals surface area contributed by atoms with Crippen LogP contribution in [-0.4, -0.2) is 17.5 Å². The number of carbonyl (C=O) groups is 1. The van der Waals surface area contributed by atoms with Crippen molar-refractivity contribution in [1.82, 2.24) is 4.98 Å². The molecule has 0 aliphatic carbocycles. The number of thiophene rings is 1. The summed E-state index contributed by atoms with van der Waals surface area (Å²) < 4.78 is 29.1. The summed E-state index contributed by atoms with van der Waals surface area (Å²) in [5, 5.41) is 6.83. The third-order valence-electron chi connectivity index (χ3n) is 2.82. The monoisotopic (exact) mass is 352 g/mol. The molecule has 0 fully saturated rings. The van der Waals surface area contributed by atoms with Gasteiger partial charge in [0.05, 0.1) is 10.6 Å². The van der Waals surface area contributed by atoms with Crippen LogP contribution in [0.1, 0.15) is 10.5 Å². The Morgan fingerprint density at radius 3 is 2.74 bits per heavy atom. The maximum absolute atomic E-state index is 12.4. The fraction of sp³-hybridized carbons (Fsp3) is 0.0667. The Balaban J connectivity index is 1.77. The van der Waals surface area contributed by atoms with Gasteiger partial charge in [-0.1, -0.05) is 18.2 Å². The quantitative estimate of drug-likeness (QED) is 0.722. The number of para-hydroxylation sites is 2. The standard InChI is InChI=1S/C15H10F2N2O2S2/c16-15(17)21-11-5-2-1-4-9(11)18-13(20)10-8-23-14(19-10)12-6-3-7-22-12/h1-8,15H,(H,18,20). The van der Waals surface area contributed by atoms with Crippen LogP contribution in [-0.2, 0) is 0 Å². The highest BCUT2D eigenvalue weighted by atomic mass is 32.1. The van der Waals surface area contributed by atoms with Crippen LogP contribution in [0.4, 0.5) is 14.5 Å². The van der Waals surface area contributed by atoms with Gasteiger partial charge in [0.15, 0.2) is 0 Å². The Morgan fingerprint density at radius 2 is 2.00 bits per heavy atom. The number of nitrogens with one attached hydrogen (secondary N) is 1. The van der Waals surface area contributed by atoms with Crippen molar-refractivity contribution in [2.24, 2.45) is 0 Å². The number of ether oxygens (including phenoxy) is 1. The van der Waals surface area contributed by atoms with Gasteiger partial charge in [-0.15, -0.1) is 22.7 Å². The van der Waals surface area contributed by atoms with Crippen LogP contribution in [0, 0.1) is 0 Å². The lowest BCUT2D eigenvalue weighted by Gasteiger charge is -2.10. The molecule has 2 heterocycles. The molecule has 4 nitrogen and oxygen atoms in total. The number of aromatic nitrogens is 1. The molecular formula is C15H10F2N2O2S2. The first-order valence-corrected chi connectivity index (χ1v) is 8.24. The van der Waals surface area contributed by atoms with Gasteiger partial charge in [-0.2, -0.15) is 8.78 Å². The molecule has 0 aliphatic rings. The smallest absolute Gasteiger partial charge is 0.387 e. The number of benzene rings is 1. The second kappa shape index (κ2) is 6.84. The Bertz CT molecular complexity index is 803. The zero-order valence-electron chi connectivity index (χ0n) is 11.5. The van der Waals surface area contributed by atoms with Crippen LogP contribution in [0.15, 0.2) is 47.2 Å². The number of thiazole rings is 1. The van der Waals surface area contributed by atoms with E-state index in [0.717, 1.165) is 9.88 Å². The van der Waals surface area contributed by atoms with Crippen LogP contribution in [0.3, 0.4) is 0 Å². The van der Waals surface area contributed by atoms with Gasteiger partial charge in [-0.3, -0.25) is 4.79 Å². The van der Waals surface area contributed by atoms with Crippen molar-refractivity contribution in [2.75, 3.05) is 5.32 Å². The number of halogens is 2. The Labute approximate surface area is 138 Å². The molecule has 3 rings (SSSR count). The van der Waals surface area contributed by atoms with E-state index in [0.29, 0.717) is 0 Å². The van der Waals surface area contributed by atoms with E-state index in [9.17, 15) is 13.6 Å². The molecular weight excluding hydrogens is 342 g/mol. The molecule has 0 aliphatic heterocycles. The van der Waals surface area contributed by atoms with Gasteiger partial charge in [-0.05, 0) is 23.6 Å². The van der Waals surface area contributed by atoms with Crippen molar-refractivity contribution in [2.45, 2.75) is 6.61 Å². The number of amides is 1. The summed E-state index contributed by atoms with van der Waals surface area (Å²) in [5.41, 5.74) is 0.397. The van der Waals surface area contributed by atoms with Crippen LogP contribution in [0.25, 0.3) is 9.88 Å². The molecule has 0 saturated carbocycles. The molecule has 1 amide bonds. The second-order valence-electron chi connectivity index (χ2n) is 4.34. The highest BCUT2D eigenvalue weighted by Gasteiger charge is 2.15. The molecule has 23 heavy (non-hydrogen) atoms. The molecule has 0 spiro atoms. The zero-order chi connectivity index (χ0) is 16.2. The van der Waals surface area contributed by atoms with E-state index in [1.807, 2.05) is 17.5 Å². The molecule has 3 aromatic rings. The van der Waals surface area contributed by atoms with Gasteiger partial charge >= 0.3 is 6.61 Å². The number of hydrogen-bond donors (Lipinski definition) is 1. The maximum atomic E-state index is 12.4. The van der Waals surface area contributed by atoms with Crippen molar-refractivity contribution in [3.8, 4) is 15.6 Å². The molecule has 0 saturated heterocycles. The number of rotatable bonds is 5. The summed E-state index contributed by atoms with van der Waals surface area (Å²) in [6.45, 7) is -2.96. The lowest BCUT2D eigenvalue weighted by Crippen LogP contribution is -2.14. The fourth-order valence-corrected chi connectivity index (χ4v) is 3.46. The summed E-state index contributed by atoms with van der Waals surface area (Å²) in [4.78, 5) is 17.5. The average molecular weight is 352 g/mol. The van der Waals surface area contributed by atoms with Crippen molar-refractivity contribution in [3.05, 3.63) is 52.9 Å². The third-order valence-corrected chi connectivity index (χ3v) is 4.70. The van der Waals surface area contributed by atoms with E-state index in [1.54, 1.807) is 17.5 Å². The molecule has 0 atom stereocenters. The van der Waals surface area contributed by atoms with E-state index >= 15 is 0 Å². The Hall–Kier alpha value is -2.32. The molecule has 0 unspecified atom stereocenters. The predicted octanol–water partition coefficient (Wildman–Crippen LogP) is 4.73. The summed E-state index contributed by atoms with van der Waals surface area (Å²) in [5.74, 6) is -0.570. The van der Waals surface area contributed by atoms with Crippen LogP contribution in [0.5, 0.6) is 5.75 Å². The first-order valence-electron chi connectivity index (χ1n) is 6.48. The first kappa shape index (κ1) is 15.6. The molecule has 8 heteroatoms. The molecule has 0 radical (unpaired) electrons. The van der Waals surface area contributed by atoms with E-state index in [-0.39, 0.29) is 17.1 Å². The minimum atomic E-state index is -2.96. The van der Waals surface area contributed by atoms with E-state index in [4.69, 9.17) is 0 Å². The van der Waals surface area contributed by atoms with Gasteiger partial charge in [0.25, 0.3) is 5.91 Å². The van der Waals surface area contributed by atoms with Crippen molar-refractivity contribution in [3.63, 3.8) is 0 Å². The summed E-state index contributed by atoms with van der Waals surface area (Å²) in [6.07, 6.45) is 0. The largest absolute Gasteiger partial charge is 0.433 e. The van der Waals surface area contributed by atoms with Crippen molar-refractivity contribution >= 4 is 34.3 Å². The Morgan fingerprint density at radius 1 is 1.17 bits per heavy atom. The normalized spacial score (nSPS) is 10.7. The number of nitrogens with zero attached hydrogens (tertiary/aromatic N) is 1. The lowest BCUT2D eigenvalue weighted by atomic mass is 10.3. The van der Waals surface area contributed by atoms with Crippen molar-refractivity contribution in [1.29, 1.82) is 0 Å². The number of hydrogen-bond acceptors (Lipinski definition) is 5. The lowest BCUT2D eigenvalue weighted by molar-refractivity contribution is -0.0493. The molecule has 1 aromatic carbocycles. The van der Waals surface area contributed by atoms with E-state index in [1.165, 1.54) is 34.8 Å². The molecule has 0 bridgehead atoms. The SMILES string of the molecule is O=C(Nc1ccccc1OC(F)F)c1csc(-c2cccs2)n1. The van der Waals surface area contributed by atoms with Gasteiger partial charge in [-0.25, -0.2) is 4.98 Å². The zero-order valence-corrected chi connectivity index (χ0v) is 13.2. The van der Waals surface area contributed by atoms with Gasteiger partial charge in [0, 0.05) is 5.38 Å². The predicted molar refractivity (Wildman–Crippen MR) is 86.5 cm³/mol. The van der Waals surface area contributed by atoms with Crippen LogP contribution < -0.4 is 10.1 Å². The number of anilines is 1. The maximum Gasteiger partial charge on any atom is 0.387 e. The summed E-state index contributed by atoms with van der Waals surface area (Å²) in [6, 6.07) is 9.83. The summed E-state index contributed by atoms with van der Waals surface area (Å²) >= 11 is 2.88.